The number of nitrogens with zero attached hydrogens (tertiary/aromatic N) is 3. The number of aryl methyl sites for hydroxylation is 1. The van der Waals surface area contributed by atoms with E-state index in [1.54, 1.807) is 4.40 Å². The molecule has 0 amide bonds. The van der Waals surface area contributed by atoms with Crippen LogP contribution in [0.25, 0.3) is 27.8 Å². The van der Waals surface area contributed by atoms with Gasteiger partial charge in [0.05, 0.1) is 17.2 Å². The van der Waals surface area contributed by atoms with Crippen LogP contribution in [0.1, 0.15) is 56.8 Å². The molecule has 1 aromatic carbocycles. The molecule has 0 bridgehead atoms. The molecule has 3 heterocycles. The first-order valence-corrected chi connectivity index (χ1v) is 10.5. The molecule has 7 heteroatoms. The summed E-state index contributed by atoms with van der Waals surface area (Å²) in [5, 5.41) is 19.4. The SMILES string of the molecule is CC[C@H](C)c1nc2c(CCCCC(=N)N)nc(-c3c[nH]c4ccccc34)cn2c1O. The second kappa shape index (κ2) is 8.18. The Morgan fingerprint density at radius 2 is 2.07 bits per heavy atom. The summed E-state index contributed by atoms with van der Waals surface area (Å²) >= 11 is 0. The van der Waals surface area contributed by atoms with Crippen LogP contribution >= 0.6 is 0 Å². The number of fused-ring (bicyclic) bond motifs is 2. The minimum atomic E-state index is 0.159. The zero-order valence-corrected chi connectivity index (χ0v) is 17.4. The maximum atomic E-state index is 10.9. The lowest BCUT2D eigenvalue weighted by atomic mass is 10.1. The van der Waals surface area contributed by atoms with Gasteiger partial charge >= 0.3 is 0 Å². The second-order valence-electron chi connectivity index (χ2n) is 7.88. The van der Waals surface area contributed by atoms with Crippen LogP contribution in [-0.2, 0) is 6.42 Å². The minimum Gasteiger partial charge on any atom is -0.493 e. The summed E-state index contributed by atoms with van der Waals surface area (Å²) in [6.45, 7) is 4.16. The number of para-hydroxylation sites is 1. The number of hydrogen-bond acceptors (Lipinski definition) is 4. The fourth-order valence-corrected chi connectivity index (χ4v) is 3.83. The monoisotopic (exact) mass is 404 g/mol. The zero-order valence-electron chi connectivity index (χ0n) is 17.4. The molecule has 0 saturated heterocycles. The lowest BCUT2D eigenvalue weighted by Gasteiger charge is -2.08. The average Bonchev–Trinajstić information content (AvgIpc) is 3.32. The van der Waals surface area contributed by atoms with Gasteiger partial charge in [-0.2, -0.15) is 0 Å². The number of nitrogens with two attached hydrogens (primary N) is 1. The second-order valence-corrected chi connectivity index (χ2v) is 7.88. The largest absolute Gasteiger partial charge is 0.493 e. The van der Waals surface area contributed by atoms with Crippen molar-refractivity contribution in [2.45, 2.75) is 51.9 Å². The van der Waals surface area contributed by atoms with Gasteiger partial charge in [-0.3, -0.25) is 9.81 Å². The third-order valence-electron chi connectivity index (χ3n) is 5.73. The maximum Gasteiger partial charge on any atom is 0.219 e. The van der Waals surface area contributed by atoms with Gasteiger partial charge in [-0.15, -0.1) is 0 Å². The Hall–Kier alpha value is -3.35. The normalized spacial score (nSPS) is 12.6. The topological polar surface area (TPSA) is 116 Å². The van der Waals surface area contributed by atoms with Crippen molar-refractivity contribution in [2.24, 2.45) is 5.73 Å². The van der Waals surface area contributed by atoms with Crippen molar-refractivity contribution in [3.8, 4) is 17.1 Å². The van der Waals surface area contributed by atoms with Crippen molar-refractivity contribution in [1.29, 1.82) is 5.41 Å². The Labute approximate surface area is 175 Å². The molecule has 0 aliphatic rings. The molecule has 1 atom stereocenters. The fourth-order valence-electron chi connectivity index (χ4n) is 3.83. The van der Waals surface area contributed by atoms with E-state index in [1.165, 1.54) is 0 Å². The summed E-state index contributed by atoms with van der Waals surface area (Å²) in [7, 11) is 0. The zero-order chi connectivity index (χ0) is 21.3. The lowest BCUT2D eigenvalue weighted by Crippen LogP contribution is -2.09. The lowest BCUT2D eigenvalue weighted by molar-refractivity contribution is 0.435. The molecule has 0 unspecified atom stereocenters. The molecule has 0 aliphatic heterocycles. The van der Waals surface area contributed by atoms with Crippen molar-refractivity contribution >= 4 is 22.4 Å². The standard InChI is InChI=1S/C23H28N6O/c1-3-14(2)21-23(30)29-13-19(16-12-26-17-9-5-4-8-15(16)17)27-18(22(29)28-21)10-6-7-11-20(24)25/h4-5,8-9,12-14,26,30H,3,6-7,10-11H2,1-2H3,(H3,24,25)/t14-/m0/s1. The van der Waals surface area contributed by atoms with Crippen LogP contribution in [0.5, 0.6) is 5.88 Å². The number of aromatic nitrogens is 4. The summed E-state index contributed by atoms with van der Waals surface area (Å²) in [6, 6.07) is 8.12. The summed E-state index contributed by atoms with van der Waals surface area (Å²) in [6.07, 6.45) is 7.70. The van der Waals surface area contributed by atoms with Gasteiger partial charge in [-0.1, -0.05) is 32.0 Å². The van der Waals surface area contributed by atoms with Crippen molar-refractivity contribution < 1.29 is 5.11 Å². The molecule has 0 radical (unpaired) electrons. The molecular weight excluding hydrogens is 376 g/mol. The summed E-state index contributed by atoms with van der Waals surface area (Å²) in [4.78, 5) is 13.0. The number of benzene rings is 1. The van der Waals surface area contributed by atoms with Gasteiger partial charge in [0.1, 0.15) is 5.69 Å². The number of aromatic amines is 1. The van der Waals surface area contributed by atoms with Crippen LogP contribution in [-0.4, -0.2) is 30.3 Å². The number of hydrogen-bond donors (Lipinski definition) is 4. The Bertz CT molecular complexity index is 1210. The first-order chi connectivity index (χ1) is 14.5. The van der Waals surface area contributed by atoms with Crippen molar-refractivity contribution in [3.05, 3.63) is 48.0 Å². The van der Waals surface area contributed by atoms with Crippen LogP contribution in [0, 0.1) is 5.41 Å². The molecule has 5 N–H and O–H groups in total. The van der Waals surface area contributed by atoms with Crippen LogP contribution < -0.4 is 5.73 Å². The quantitative estimate of drug-likeness (QED) is 0.193. The summed E-state index contributed by atoms with van der Waals surface area (Å²) in [5.41, 5.74) is 10.6. The van der Waals surface area contributed by atoms with Gasteiger partial charge in [0.2, 0.25) is 5.88 Å². The van der Waals surface area contributed by atoms with Gasteiger partial charge in [0.15, 0.2) is 5.65 Å². The van der Waals surface area contributed by atoms with E-state index in [0.29, 0.717) is 24.2 Å². The van der Waals surface area contributed by atoms with Crippen molar-refractivity contribution in [3.63, 3.8) is 0 Å². The van der Waals surface area contributed by atoms with E-state index in [0.717, 1.165) is 47.1 Å². The third kappa shape index (κ3) is 3.63. The highest BCUT2D eigenvalue weighted by molar-refractivity contribution is 5.94. The molecule has 0 fully saturated rings. The molecule has 0 saturated carbocycles. The number of H-pyrrole nitrogens is 1. The summed E-state index contributed by atoms with van der Waals surface area (Å²) < 4.78 is 1.77. The van der Waals surface area contributed by atoms with Crippen LogP contribution in [0.2, 0.25) is 0 Å². The van der Waals surface area contributed by atoms with E-state index in [4.69, 9.17) is 21.1 Å². The molecule has 156 valence electrons. The Morgan fingerprint density at radius 1 is 1.27 bits per heavy atom. The fraction of sp³-hybridized carbons (Fsp3) is 0.348. The molecule has 3 aromatic heterocycles. The number of imidazole rings is 1. The highest BCUT2D eigenvalue weighted by atomic mass is 16.3. The van der Waals surface area contributed by atoms with E-state index in [9.17, 15) is 5.11 Å². The van der Waals surface area contributed by atoms with E-state index in [-0.39, 0.29) is 17.6 Å². The number of aromatic hydroxyl groups is 1. The summed E-state index contributed by atoms with van der Waals surface area (Å²) in [5.74, 6) is 0.554. The molecule has 0 aliphatic carbocycles. The number of rotatable bonds is 8. The number of unbranched alkanes of at least 4 members (excludes halogenated alkanes) is 1. The highest BCUT2D eigenvalue weighted by Crippen LogP contribution is 2.33. The number of amidine groups is 1. The van der Waals surface area contributed by atoms with Gasteiger partial charge in [0.25, 0.3) is 0 Å². The molecule has 30 heavy (non-hydrogen) atoms. The first kappa shape index (κ1) is 19.9. The molecule has 4 rings (SSSR count). The molecule has 0 spiro atoms. The Kier molecular flexibility index (Phi) is 5.44. The molecule has 4 aromatic rings. The van der Waals surface area contributed by atoms with Crippen molar-refractivity contribution in [2.75, 3.05) is 0 Å². The Balaban J connectivity index is 1.82. The average molecular weight is 405 g/mol. The maximum absolute atomic E-state index is 10.9. The minimum absolute atomic E-state index is 0.159. The van der Waals surface area contributed by atoms with Crippen molar-refractivity contribution in [1.82, 2.24) is 19.4 Å². The van der Waals surface area contributed by atoms with Gasteiger partial charge in [0, 0.05) is 41.2 Å². The van der Waals surface area contributed by atoms with E-state index < -0.39 is 0 Å². The van der Waals surface area contributed by atoms with Crippen LogP contribution in [0.3, 0.4) is 0 Å². The van der Waals surface area contributed by atoms with E-state index >= 15 is 0 Å². The van der Waals surface area contributed by atoms with Gasteiger partial charge in [-0.05, 0) is 31.7 Å². The van der Waals surface area contributed by atoms with Gasteiger partial charge in [-0.25, -0.2) is 9.97 Å². The highest BCUT2D eigenvalue weighted by Gasteiger charge is 2.21. The molecular formula is C23H28N6O. The van der Waals surface area contributed by atoms with Crippen LogP contribution in [0.4, 0.5) is 0 Å². The Morgan fingerprint density at radius 3 is 2.83 bits per heavy atom. The third-order valence-corrected chi connectivity index (χ3v) is 5.73. The van der Waals surface area contributed by atoms with E-state index in [2.05, 4.69) is 24.9 Å². The predicted octanol–water partition coefficient (Wildman–Crippen LogP) is 4.75. The smallest absolute Gasteiger partial charge is 0.219 e. The van der Waals surface area contributed by atoms with Crippen LogP contribution in [0.15, 0.2) is 36.7 Å². The number of nitrogens with one attached hydrogen (secondary N) is 2. The first-order valence-electron chi connectivity index (χ1n) is 10.5. The van der Waals surface area contributed by atoms with E-state index in [1.807, 2.05) is 30.6 Å². The molecule has 7 nitrogen and oxygen atoms in total. The van der Waals surface area contributed by atoms with Gasteiger partial charge < -0.3 is 15.8 Å². The predicted molar refractivity (Wildman–Crippen MR) is 120 cm³/mol.